The molecule has 0 amide bonds. The molecule has 7 nitrogen and oxygen atoms in total. The summed E-state index contributed by atoms with van der Waals surface area (Å²) >= 11 is 0. The van der Waals surface area contributed by atoms with Crippen LogP contribution in [0.4, 0.5) is 11.8 Å². The molecule has 0 aromatic carbocycles. The van der Waals surface area contributed by atoms with Gasteiger partial charge >= 0.3 is 0 Å². The van der Waals surface area contributed by atoms with Crippen LogP contribution in [0.15, 0.2) is 0 Å². The van der Waals surface area contributed by atoms with Crippen molar-refractivity contribution in [3.05, 3.63) is 5.69 Å². The lowest BCUT2D eigenvalue weighted by Crippen LogP contribution is -2.50. The van der Waals surface area contributed by atoms with Gasteiger partial charge in [-0.25, -0.2) is 4.68 Å². The number of aryl methyl sites for hydroxylation is 2. The Morgan fingerprint density at radius 2 is 2.10 bits per heavy atom. The van der Waals surface area contributed by atoms with Crippen molar-refractivity contribution in [1.29, 1.82) is 0 Å². The molecule has 8 heteroatoms. The Morgan fingerprint density at radius 3 is 2.80 bits per heavy atom. The molecule has 3 N–H and O–H groups in total. The Kier molecular flexibility index (Phi) is 4.01. The highest BCUT2D eigenvalue weighted by molar-refractivity contribution is 5.90. The second-order valence-corrected chi connectivity index (χ2v) is 5.06. The quantitative estimate of drug-likeness (QED) is 0.796. The van der Waals surface area contributed by atoms with Gasteiger partial charge in [0.25, 0.3) is 0 Å². The van der Waals surface area contributed by atoms with Crippen molar-refractivity contribution in [3.63, 3.8) is 0 Å². The Balaban J connectivity index is 0.00000147. The van der Waals surface area contributed by atoms with E-state index >= 15 is 0 Å². The van der Waals surface area contributed by atoms with Crippen molar-refractivity contribution in [2.24, 2.45) is 7.05 Å². The Labute approximate surface area is 124 Å². The van der Waals surface area contributed by atoms with Crippen LogP contribution < -0.4 is 16.0 Å². The highest BCUT2D eigenvalue weighted by Crippen LogP contribution is 2.28. The van der Waals surface area contributed by atoms with E-state index in [0.717, 1.165) is 42.2 Å². The number of anilines is 2. The number of nitrogens with one attached hydrogen (secondary N) is 1. The van der Waals surface area contributed by atoms with Crippen LogP contribution in [0.2, 0.25) is 0 Å². The zero-order chi connectivity index (χ0) is 13.6. The molecule has 110 valence electrons. The number of hydrogen-bond donors (Lipinski definition) is 2. The van der Waals surface area contributed by atoms with Crippen LogP contribution in [0.1, 0.15) is 12.6 Å². The van der Waals surface area contributed by atoms with Gasteiger partial charge in [0.15, 0.2) is 5.65 Å². The molecule has 0 bridgehead atoms. The first kappa shape index (κ1) is 14.8. The summed E-state index contributed by atoms with van der Waals surface area (Å²) in [7, 11) is 1.88. The molecule has 1 aliphatic heterocycles. The molecule has 2 aromatic rings. The summed E-state index contributed by atoms with van der Waals surface area (Å²) in [5, 5.41) is 8.81. The number of rotatable bonds is 1. The summed E-state index contributed by atoms with van der Waals surface area (Å²) in [5.41, 5.74) is 7.59. The zero-order valence-electron chi connectivity index (χ0n) is 11.9. The fourth-order valence-electron chi connectivity index (χ4n) is 2.70. The topological polar surface area (TPSA) is 84.9 Å². The Bertz CT molecular complexity index is 624. The molecule has 0 saturated carbocycles. The van der Waals surface area contributed by atoms with E-state index in [1.807, 2.05) is 14.0 Å². The summed E-state index contributed by atoms with van der Waals surface area (Å²) in [4.78, 5) is 11.0. The van der Waals surface area contributed by atoms with E-state index in [1.165, 1.54) is 0 Å². The SMILES string of the molecule is Cc1nn(C)c2nc(N)nc(N3CCNC[C@@H]3C)c12.Cl. The molecule has 0 aliphatic carbocycles. The molecule has 3 heterocycles. The van der Waals surface area contributed by atoms with Crippen molar-refractivity contribution >= 4 is 35.2 Å². The highest BCUT2D eigenvalue weighted by atomic mass is 35.5. The van der Waals surface area contributed by atoms with Gasteiger partial charge in [0.05, 0.1) is 11.1 Å². The van der Waals surface area contributed by atoms with E-state index in [2.05, 4.69) is 32.2 Å². The monoisotopic (exact) mass is 297 g/mol. The van der Waals surface area contributed by atoms with E-state index in [0.29, 0.717) is 12.0 Å². The summed E-state index contributed by atoms with van der Waals surface area (Å²) in [6.07, 6.45) is 0. The number of aromatic nitrogens is 4. The number of nitrogen functional groups attached to an aromatic ring is 1. The molecule has 1 saturated heterocycles. The smallest absolute Gasteiger partial charge is 0.224 e. The van der Waals surface area contributed by atoms with Crippen LogP contribution in [0.3, 0.4) is 0 Å². The Morgan fingerprint density at radius 1 is 1.35 bits per heavy atom. The lowest BCUT2D eigenvalue weighted by atomic mass is 10.2. The number of hydrogen-bond acceptors (Lipinski definition) is 6. The predicted octanol–water partition coefficient (Wildman–Crippen LogP) is 0.474. The second kappa shape index (κ2) is 5.41. The predicted molar refractivity (Wildman–Crippen MR) is 82.4 cm³/mol. The van der Waals surface area contributed by atoms with Gasteiger partial charge in [-0.15, -0.1) is 12.4 Å². The van der Waals surface area contributed by atoms with Crippen molar-refractivity contribution < 1.29 is 0 Å². The number of halogens is 1. The lowest BCUT2D eigenvalue weighted by molar-refractivity contribution is 0.498. The fourth-order valence-corrected chi connectivity index (χ4v) is 2.70. The molecular formula is C12H20ClN7. The normalized spacial score (nSPS) is 19.1. The van der Waals surface area contributed by atoms with Crippen LogP contribution >= 0.6 is 12.4 Å². The number of nitrogens with zero attached hydrogens (tertiary/aromatic N) is 5. The van der Waals surface area contributed by atoms with E-state index in [-0.39, 0.29) is 12.4 Å². The van der Waals surface area contributed by atoms with Crippen LogP contribution in [0.25, 0.3) is 11.0 Å². The van der Waals surface area contributed by atoms with Crippen LogP contribution in [-0.2, 0) is 7.05 Å². The van der Waals surface area contributed by atoms with Gasteiger partial charge < -0.3 is 16.0 Å². The molecule has 0 radical (unpaired) electrons. The van der Waals surface area contributed by atoms with Gasteiger partial charge in [0.1, 0.15) is 5.82 Å². The third-order valence-electron chi connectivity index (χ3n) is 3.63. The third kappa shape index (κ3) is 2.27. The first-order valence-corrected chi connectivity index (χ1v) is 6.52. The maximum Gasteiger partial charge on any atom is 0.224 e. The molecule has 0 spiro atoms. The zero-order valence-corrected chi connectivity index (χ0v) is 12.7. The van der Waals surface area contributed by atoms with Gasteiger partial charge in [-0.05, 0) is 13.8 Å². The second-order valence-electron chi connectivity index (χ2n) is 5.06. The van der Waals surface area contributed by atoms with Crippen molar-refractivity contribution in [2.45, 2.75) is 19.9 Å². The van der Waals surface area contributed by atoms with Gasteiger partial charge in [0, 0.05) is 32.7 Å². The maximum atomic E-state index is 5.85. The minimum absolute atomic E-state index is 0. The van der Waals surface area contributed by atoms with Gasteiger partial charge in [0.2, 0.25) is 5.95 Å². The standard InChI is InChI=1S/C12H19N7.ClH/c1-7-6-14-4-5-19(7)11-9-8(2)17-18(3)10(9)15-12(13)16-11;/h7,14H,4-6H2,1-3H3,(H2,13,15,16);1H/t7-;/m0./s1. The minimum Gasteiger partial charge on any atom is -0.368 e. The summed E-state index contributed by atoms with van der Waals surface area (Å²) in [6, 6.07) is 0.380. The van der Waals surface area contributed by atoms with Gasteiger partial charge in [-0.1, -0.05) is 0 Å². The van der Waals surface area contributed by atoms with Crippen LogP contribution in [-0.4, -0.2) is 45.4 Å². The van der Waals surface area contributed by atoms with E-state index < -0.39 is 0 Å². The first-order chi connectivity index (χ1) is 9.08. The maximum absolute atomic E-state index is 5.85. The van der Waals surface area contributed by atoms with Crippen molar-refractivity contribution in [3.8, 4) is 0 Å². The minimum atomic E-state index is 0. The number of nitrogens with two attached hydrogens (primary N) is 1. The highest BCUT2D eigenvalue weighted by Gasteiger charge is 2.24. The van der Waals surface area contributed by atoms with Gasteiger partial charge in [-0.3, -0.25) is 0 Å². The summed E-state index contributed by atoms with van der Waals surface area (Å²) in [5.74, 6) is 1.21. The van der Waals surface area contributed by atoms with E-state index in [1.54, 1.807) is 4.68 Å². The number of piperazine rings is 1. The average Bonchev–Trinajstić information content (AvgIpc) is 2.65. The van der Waals surface area contributed by atoms with E-state index in [4.69, 9.17) is 5.73 Å². The molecule has 1 fully saturated rings. The molecule has 1 aliphatic rings. The first-order valence-electron chi connectivity index (χ1n) is 6.52. The molecular weight excluding hydrogens is 278 g/mol. The largest absolute Gasteiger partial charge is 0.368 e. The molecule has 20 heavy (non-hydrogen) atoms. The molecule has 1 atom stereocenters. The molecule has 2 aromatic heterocycles. The fraction of sp³-hybridized carbons (Fsp3) is 0.583. The molecule has 0 unspecified atom stereocenters. The summed E-state index contributed by atoms with van der Waals surface area (Å²) < 4.78 is 1.76. The van der Waals surface area contributed by atoms with Crippen LogP contribution in [0, 0.1) is 6.92 Å². The van der Waals surface area contributed by atoms with Crippen molar-refractivity contribution in [1.82, 2.24) is 25.1 Å². The lowest BCUT2D eigenvalue weighted by Gasteiger charge is -2.35. The Hall–Kier alpha value is -1.60. The van der Waals surface area contributed by atoms with Gasteiger partial charge in [-0.2, -0.15) is 15.1 Å². The number of fused-ring (bicyclic) bond motifs is 1. The van der Waals surface area contributed by atoms with E-state index in [9.17, 15) is 0 Å². The average molecular weight is 298 g/mol. The summed E-state index contributed by atoms with van der Waals surface area (Å²) in [6.45, 7) is 6.99. The third-order valence-corrected chi connectivity index (χ3v) is 3.63. The van der Waals surface area contributed by atoms with Crippen LogP contribution in [0.5, 0.6) is 0 Å². The molecule has 3 rings (SSSR count). The van der Waals surface area contributed by atoms with Crippen molar-refractivity contribution in [2.75, 3.05) is 30.3 Å².